The molecule has 0 saturated carbocycles. The average Bonchev–Trinajstić information content (AvgIpc) is 2.38. The van der Waals surface area contributed by atoms with Crippen molar-refractivity contribution in [2.75, 3.05) is 26.2 Å². The zero-order valence-electron chi connectivity index (χ0n) is 11.4. The molecule has 2 N–H and O–H groups in total. The summed E-state index contributed by atoms with van der Waals surface area (Å²) in [7, 11) is 0. The van der Waals surface area contributed by atoms with Crippen molar-refractivity contribution in [3.05, 3.63) is 28.2 Å². The van der Waals surface area contributed by atoms with E-state index in [0.717, 1.165) is 30.5 Å². The van der Waals surface area contributed by atoms with Gasteiger partial charge in [0.2, 0.25) is 0 Å². The molecule has 5 heteroatoms. The van der Waals surface area contributed by atoms with Crippen LogP contribution >= 0.6 is 15.9 Å². The number of carbonyl (C=O) groups excluding carboxylic acids is 1. The van der Waals surface area contributed by atoms with E-state index in [1.807, 2.05) is 0 Å². The molecule has 0 radical (unpaired) electrons. The normalized spacial score (nSPS) is 10.7. The third-order valence-corrected chi connectivity index (χ3v) is 3.53. The van der Waals surface area contributed by atoms with Gasteiger partial charge in [0, 0.05) is 11.0 Å². The van der Waals surface area contributed by atoms with Crippen LogP contribution < -0.4 is 5.32 Å². The van der Waals surface area contributed by atoms with E-state index >= 15 is 0 Å². The lowest BCUT2D eigenvalue weighted by molar-refractivity contribution is 0.0949. The molecule has 1 aromatic rings. The van der Waals surface area contributed by atoms with Gasteiger partial charge >= 0.3 is 0 Å². The Morgan fingerprint density at radius 1 is 1.37 bits per heavy atom. The molecule has 0 unspecified atom stereocenters. The van der Waals surface area contributed by atoms with Crippen LogP contribution in [0.1, 0.15) is 30.6 Å². The number of nitrogens with one attached hydrogen (secondary N) is 1. The van der Waals surface area contributed by atoms with Crippen LogP contribution in [0.25, 0.3) is 0 Å². The van der Waals surface area contributed by atoms with Crippen LogP contribution in [-0.2, 0) is 0 Å². The van der Waals surface area contributed by atoms with Gasteiger partial charge in [-0.3, -0.25) is 4.79 Å². The summed E-state index contributed by atoms with van der Waals surface area (Å²) in [5.41, 5.74) is 0.311. The predicted octanol–water partition coefficient (Wildman–Crippen LogP) is 2.62. The standard InChI is InChI=1S/C14H21BrN2O2/c1-3-17(4-2)9-5-8-16-14(19)12-7-6-11(15)10-13(12)18/h6-7,10,18H,3-5,8-9H2,1-2H3,(H,16,19). The molecule has 0 aliphatic rings. The van der Waals surface area contributed by atoms with Gasteiger partial charge < -0.3 is 15.3 Å². The monoisotopic (exact) mass is 328 g/mol. The SMILES string of the molecule is CCN(CC)CCCNC(=O)c1ccc(Br)cc1O. The molecule has 0 fully saturated rings. The van der Waals surface area contributed by atoms with Crippen molar-refractivity contribution in [3.63, 3.8) is 0 Å². The van der Waals surface area contributed by atoms with Crippen molar-refractivity contribution in [2.45, 2.75) is 20.3 Å². The fourth-order valence-corrected chi connectivity index (χ4v) is 2.19. The maximum atomic E-state index is 11.9. The molecule has 0 bridgehead atoms. The Labute approximate surface area is 122 Å². The van der Waals surface area contributed by atoms with Crippen molar-refractivity contribution in [1.29, 1.82) is 0 Å². The lowest BCUT2D eigenvalue weighted by Gasteiger charge is -2.17. The molecular weight excluding hydrogens is 308 g/mol. The maximum Gasteiger partial charge on any atom is 0.255 e. The van der Waals surface area contributed by atoms with Crippen LogP contribution in [0.5, 0.6) is 5.75 Å². The van der Waals surface area contributed by atoms with Crippen molar-refractivity contribution in [1.82, 2.24) is 10.2 Å². The van der Waals surface area contributed by atoms with Gasteiger partial charge in [-0.2, -0.15) is 0 Å². The molecule has 0 spiro atoms. The lowest BCUT2D eigenvalue weighted by atomic mass is 10.2. The maximum absolute atomic E-state index is 11.9. The highest BCUT2D eigenvalue weighted by Gasteiger charge is 2.10. The second kappa shape index (κ2) is 8.17. The summed E-state index contributed by atoms with van der Waals surface area (Å²) >= 11 is 3.24. The first kappa shape index (κ1) is 16.0. The van der Waals surface area contributed by atoms with Crippen LogP contribution in [0, 0.1) is 0 Å². The fourth-order valence-electron chi connectivity index (χ4n) is 1.84. The summed E-state index contributed by atoms with van der Waals surface area (Å²) in [6.45, 7) is 7.89. The third kappa shape index (κ3) is 5.20. The number of benzene rings is 1. The van der Waals surface area contributed by atoms with Gasteiger partial charge in [0.15, 0.2) is 0 Å². The molecule has 0 heterocycles. The summed E-state index contributed by atoms with van der Waals surface area (Å²) in [6, 6.07) is 4.87. The highest BCUT2D eigenvalue weighted by Crippen LogP contribution is 2.21. The number of phenols is 1. The molecule has 0 atom stereocenters. The topological polar surface area (TPSA) is 52.6 Å². The van der Waals surface area contributed by atoms with Crippen LogP contribution in [0.15, 0.2) is 22.7 Å². The summed E-state index contributed by atoms with van der Waals surface area (Å²) in [4.78, 5) is 14.2. The van der Waals surface area contributed by atoms with E-state index in [1.54, 1.807) is 12.1 Å². The van der Waals surface area contributed by atoms with Crippen molar-refractivity contribution >= 4 is 21.8 Å². The first-order valence-electron chi connectivity index (χ1n) is 6.57. The van der Waals surface area contributed by atoms with Crippen LogP contribution in [0.4, 0.5) is 0 Å². The minimum Gasteiger partial charge on any atom is -0.507 e. The number of carbonyl (C=O) groups is 1. The molecule has 19 heavy (non-hydrogen) atoms. The highest BCUT2D eigenvalue weighted by atomic mass is 79.9. The highest BCUT2D eigenvalue weighted by molar-refractivity contribution is 9.10. The van der Waals surface area contributed by atoms with Gasteiger partial charge in [0.1, 0.15) is 5.75 Å². The number of amides is 1. The Bertz CT molecular complexity index is 420. The first-order valence-corrected chi connectivity index (χ1v) is 7.36. The number of halogens is 1. The van der Waals surface area contributed by atoms with Crippen LogP contribution in [-0.4, -0.2) is 42.1 Å². The smallest absolute Gasteiger partial charge is 0.255 e. The number of rotatable bonds is 7. The van der Waals surface area contributed by atoms with Crippen LogP contribution in [0.2, 0.25) is 0 Å². The van der Waals surface area contributed by atoms with Gasteiger partial charge in [-0.25, -0.2) is 0 Å². The quantitative estimate of drug-likeness (QED) is 0.756. The van der Waals surface area contributed by atoms with E-state index in [1.165, 1.54) is 6.07 Å². The minimum atomic E-state index is -0.232. The van der Waals surface area contributed by atoms with Crippen LogP contribution in [0.3, 0.4) is 0 Å². The zero-order valence-corrected chi connectivity index (χ0v) is 13.0. The van der Waals surface area contributed by atoms with Gasteiger partial charge in [-0.15, -0.1) is 0 Å². The van der Waals surface area contributed by atoms with Gasteiger partial charge in [0.25, 0.3) is 5.91 Å². The Balaban J connectivity index is 2.39. The number of aromatic hydroxyl groups is 1. The third-order valence-electron chi connectivity index (χ3n) is 3.04. The van der Waals surface area contributed by atoms with E-state index in [-0.39, 0.29) is 11.7 Å². The van der Waals surface area contributed by atoms with Gasteiger partial charge in [-0.1, -0.05) is 29.8 Å². The molecule has 1 rings (SSSR count). The van der Waals surface area contributed by atoms with Crippen molar-refractivity contribution in [3.8, 4) is 5.75 Å². The van der Waals surface area contributed by atoms with Crippen molar-refractivity contribution in [2.24, 2.45) is 0 Å². The van der Waals surface area contributed by atoms with E-state index < -0.39 is 0 Å². The van der Waals surface area contributed by atoms with E-state index in [2.05, 4.69) is 40.0 Å². The van der Waals surface area contributed by atoms with E-state index in [9.17, 15) is 9.90 Å². The Kier molecular flexibility index (Phi) is 6.87. The molecule has 4 nitrogen and oxygen atoms in total. The Morgan fingerprint density at radius 3 is 2.63 bits per heavy atom. The zero-order chi connectivity index (χ0) is 14.3. The molecule has 106 valence electrons. The molecule has 1 amide bonds. The fraction of sp³-hybridized carbons (Fsp3) is 0.500. The predicted molar refractivity (Wildman–Crippen MR) is 80.5 cm³/mol. The number of nitrogens with zero attached hydrogens (tertiary/aromatic N) is 1. The number of phenolic OH excluding ortho intramolecular Hbond substituents is 1. The molecule has 0 aliphatic carbocycles. The molecule has 0 saturated heterocycles. The lowest BCUT2D eigenvalue weighted by Crippen LogP contribution is -2.29. The number of hydrogen-bond donors (Lipinski definition) is 2. The minimum absolute atomic E-state index is 0.00406. The average molecular weight is 329 g/mol. The van der Waals surface area contributed by atoms with E-state index in [4.69, 9.17) is 0 Å². The number of hydrogen-bond acceptors (Lipinski definition) is 3. The van der Waals surface area contributed by atoms with Gasteiger partial charge in [-0.05, 0) is 44.3 Å². The summed E-state index contributed by atoms with van der Waals surface area (Å²) in [6.07, 6.45) is 0.907. The Morgan fingerprint density at radius 2 is 2.05 bits per heavy atom. The molecule has 0 aliphatic heterocycles. The molecule has 1 aromatic carbocycles. The first-order chi connectivity index (χ1) is 9.08. The van der Waals surface area contributed by atoms with Gasteiger partial charge in [0.05, 0.1) is 5.56 Å². The summed E-state index contributed by atoms with van der Waals surface area (Å²) in [5, 5.41) is 12.5. The van der Waals surface area contributed by atoms with Crippen molar-refractivity contribution < 1.29 is 9.90 Å². The molecule has 0 aromatic heterocycles. The Hall–Kier alpha value is -1.07. The molecular formula is C14H21BrN2O2. The summed E-state index contributed by atoms with van der Waals surface area (Å²) in [5.74, 6) is -0.236. The summed E-state index contributed by atoms with van der Waals surface area (Å²) < 4.78 is 0.753. The second-order valence-corrected chi connectivity index (χ2v) is 5.21. The second-order valence-electron chi connectivity index (χ2n) is 4.30. The van der Waals surface area contributed by atoms with E-state index in [0.29, 0.717) is 12.1 Å². The largest absolute Gasteiger partial charge is 0.507 e.